The molecule has 0 aliphatic heterocycles. The van der Waals surface area contributed by atoms with Gasteiger partial charge in [0, 0.05) is 22.7 Å². The molecule has 0 amide bonds. The summed E-state index contributed by atoms with van der Waals surface area (Å²) >= 11 is 6.15. The molecule has 0 N–H and O–H groups in total. The third-order valence-electron chi connectivity index (χ3n) is 4.70. The number of fused-ring (bicyclic) bond motifs is 3. The number of benzene rings is 1. The topological polar surface area (TPSA) is 72.4 Å². The van der Waals surface area contributed by atoms with Gasteiger partial charge in [0.1, 0.15) is 18.5 Å². The minimum Gasteiger partial charge on any atom is -0.435 e. The zero-order chi connectivity index (χ0) is 19.8. The van der Waals surface area contributed by atoms with E-state index in [9.17, 15) is 8.78 Å². The number of aromatic nitrogens is 3. The maximum Gasteiger partial charge on any atom is 0.387 e. The predicted molar refractivity (Wildman–Crippen MR) is 96.6 cm³/mol. The third kappa shape index (κ3) is 3.28. The molecule has 0 saturated heterocycles. The van der Waals surface area contributed by atoms with Crippen LogP contribution in [-0.4, -0.2) is 27.6 Å². The summed E-state index contributed by atoms with van der Waals surface area (Å²) in [7, 11) is 0. The van der Waals surface area contributed by atoms with Gasteiger partial charge in [-0.2, -0.15) is 14.0 Å². The molecule has 1 aliphatic rings. The van der Waals surface area contributed by atoms with Gasteiger partial charge >= 0.3 is 6.61 Å². The highest BCUT2D eigenvalue weighted by Gasteiger charge is 2.39. The maximum absolute atomic E-state index is 12.9. The average Bonchev–Trinajstić information content (AvgIpc) is 3.18. The first-order valence-corrected chi connectivity index (χ1v) is 8.93. The molecule has 1 aliphatic carbocycles. The molecule has 0 spiro atoms. The lowest BCUT2D eigenvalue weighted by atomic mass is 9.95. The molecule has 0 bridgehead atoms. The minimum absolute atomic E-state index is 0.0528. The van der Waals surface area contributed by atoms with Crippen molar-refractivity contribution in [3.05, 3.63) is 58.3 Å². The summed E-state index contributed by atoms with van der Waals surface area (Å²) in [5.41, 5.74) is 3.38. The number of halogens is 3. The minimum atomic E-state index is -2.96. The van der Waals surface area contributed by atoms with E-state index in [0.29, 0.717) is 28.3 Å². The van der Waals surface area contributed by atoms with Crippen molar-refractivity contribution in [2.75, 3.05) is 6.61 Å². The van der Waals surface area contributed by atoms with Gasteiger partial charge in [-0.05, 0) is 31.5 Å². The predicted octanol–water partition coefficient (Wildman–Crippen LogP) is 4.41. The number of nitrogens with zero attached hydrogens (tertiary/aromatic N) is 4. The molecule has 2 aromatic heterocycles. The lowest BCUT2D eigenvalue weighted by molar-refractivity contribution is -0.0506. The van der Waals surface area contributed by atoms with Crippen molar-refractivity contribution in [2.45, 2.75) is 32.0 Å². The molecule has 0 saturated carbocycles. The second-order valence-electron chi connectivity index (χ2n) is 6.45. The molecule has 0 radical (unpaired) electrons. The number of rotatable bonds is 5. The van der Waals surface area contributed by atoms with E-state index in [0.717, 1.165) is 11.4 Å². The first-order valence-electron chi connectivity index (χ1n) is 8.55. The smallest absolute Gasteiger partial charge is 0.387 e. The molecular weight excluding hydrogens is 390 g/mol. The Balaban J connectivity index is 1.88. The second kappa shape index (κ2) is 7.34. The summed E-state index contributed by atoms with van der Waals surface area (Å²) in [4.78, 5) is 8.86. The van der Waals surface area contributed by atoms with Crippen LogP contribution in [0.5, 0.6) is 5.75 Å². The highest BCUT2D eigenvalue weighted by atomic mass is 35.5. The molecule has 9 heteroatoms. The molecule has 0 fully saturated rings. The van der Waals surface area contributed by atoms with Gasteiger partial charge < -0.3 is 9.47 Å². The fourth-order valence-electron chi connectivity index (χ4n) is 3.66. The Kier molecular flexibility index (Phi) is 4.87. The average molecular weight is 405 g/mol. The van der Waals surface area contributed by atoms with Gasteiger partial charge in [-0.3, -0.25) is 9.38 Å². The molecule has 28 heavy (non-hydrogen) atoms. The quantitative estimate of drug-likeness (QED) is 0.629. The summed E-state index contributed by atoms with van der Waals surface area (Å²) in [6, 6.07) is 6.51. The van der Waals surface area contributed by atoms with Gasteiger partial charge in [-0.25, -0.2) is 4.98 Å². The Morgan fingerprint density at radius 1 is 1.43 bits per heavy atom. The van der Waals surface area contributed by atoms with Crippen LogP contribution in [0.1, 0.15) is 41.1 Å². The summed E-state index contributed by atoms with van der Waals surface area (Å²) in [6.07, 6.45) is 3.46. The Labute approximate surface area is 164 Å². The van der Waals surface area contributed by atoms with E-state index in [1.807, 2.05) is 23.6 Å². The SMILES string of the molecule is Cc1cn2c3c(nc2cn1)[C@H](OCC#N)C[C@@H]3c1cc(Cl)ccc1OC(F)F. The van der Waals surface area contributed by atoms with Gasteiger partial charge in [0.2, 0.25) is 0 Å². The summed E-state index contributed by atoms with van der Waals surface area (Å²) in [5, 5.41) is 9.29. The largest absolute Gasteiger partial charge is 0.435 e. The molecule has 1 aromatic carbocycles. The van der Waals surface area contributed by atoms with E-state index in [1.165, 1.54) is 12.1 Å². The van der Waals surface area contributed by atoms with Crippen LogP contribution in [0.4, 0.5) is 8.78 Å². The third-order valence-corrected chi connectivity index (χ3v) is 4.94. The Bertz CT molecular complexity index is 1080. The lowest BCUT2D eigenvalue weighted by Crippen LogP contribution is -2.09. The molecule has 144 valence electrons. The van der Waals surface area contributed by atoms with Crippen molar-refractivity contribution in [2.24, 2.45) is 0 Å². The molecule has 0 unspecified atom stereocenters. The summed E-state index contributed by atoms with van der Waals surface area (Å²) in [5.74, 6) is -0.292. The summed E-state index contributed by atoms with van der Waals surface area (Å²) in [6.45, 7) is -1.21. The standard InChI is InChI=1S/C19H15ClF2N4O2/c1-10-9-26-16(8-24-10)25-17-15(27-5-4-23)7-13(18(17)26)12-6-11(20)2-3-14(12)28-19(21)22/h2-3,6,8-9,13,15,19H,5,7H2,1H3/t13-,15-/m1/s1. The Morgan fingerprint density at radius 3 is 3.00 bits per heavy atom. The van der Waals surface area contributed by atoms with Crippen molar-refractivity contribution < 1.29 is 18.3 Å². The van der Waals surface area contributed by atoms with Gasteiger partial charge in [0.05, 0.1) is 29.3 Å². The fraction of sp³-hybridized carbons (Fsp3) is 0.316. The van der Waals surface area contributed by atoms with Crippen LogP contribution in [0.3, 0.4) is 0 Å². The number of ether oxygens (including phenoxy) is 2. The molecule has 2 atom stereocenters. The molecule has 3 aromatic rings. The molecule has 2 heterocycles. The van der Waals surface area contributed by atoms with Crippen LogP contribution in [0.25, 0.3) is 5.65 Å². The van der Waals surface area contributed by atoms with Crippen molar-refractivity contribution in [3.8, 4) is 11.8 Å². The molecule has 6 nitrogen and oxygen atoms in total. The van der Waals surface area contributed by atoms with Crippen LogP contribution in [0.15, 0.2) is 30.6 Å². The number of hydrogen-bond acceptors (Lipinski definition) is 5. The van der Waals surface area contributed by atoms with E-state index in [1.54, 1.807) is 12.3 Å². The van der Waals surface area contributed by atoms with E-state index in [4.69, 9.17) is 26.3 Å². The van der Waals surface area contributed by atoms with Crippen LogP contribution in [0, 0.1) is 18.3 Å². The summed E-state index contributed by atoms with van der Waals surface area (Å²) < 4.78 is 38.1. The molecular formula is C19H15ClF2N4O2. The van der Waals surface area contributed by atoms with Gasteiger partial charge in [0.25, 0.3) is 0 Å². The van der Waals surface area contributed by atoms with Crippen molar-refractivity contribution in [1.82, 2.24) is 14.4 Å². The molecule has 4 rings (SSSR count). The van der Waals surface area contributed by atoms with E-state index < -0.39 is 12.7 Å². The number of alkyl halides is 2. The number of nitriles is 1. The van der Waals surface area contributed by atoms with Crippen molar-refractivity contribution in [3.63, 3.8) is 0 Å². The van der Waals surface area contributed by atoms with Gasteiger partial charge in [-0.1, -0.05) is 11.6 Å². The van der Waals surface area contributed by atoms with E-state index in [2.05, 4.69) is 9.97 Å². The zero-order valence-electron chi connectivity index (χ0n) is 14.8. The number of hydrogen-bond donors (Lipinski definition) is 0. The number of aryl methyl sites for hydroxylation is 1. The Hall–Kier alpha value is -2.76. The van der Waals surface area contributed by atoms with Crippen molar-refractivity contribution in [1.29, 1.82) is 5.26 Å². The van der Waals surface area contributed by atoms with Crippen LogP contribution >= 0.6 is 11.6 Å². The normalized spacial score (nSPS) is 18.4. The highest BCUT2D eigenvalue weighted by molar-refractivity contribution is 6.30. The Morgan fingerprint density at radius 2 is 2.25 bits per heavy atom. The van der Waals surface area contributed by atoms with Crippen LogP contribution in [-0.2, 0) is 4.74 Å². The van der Waals surface area contributed by atoms with Crippen LogP contribution < -0.4 is 4.74 Å². The van der Waals surface area contributed by atoms with Gasteiger partial charge in [-0.15, -0.1) is 0 Å². The zero-order valence-corrected chi connectivity index (χ0v) is 15.5. The van der Waals surface area contributed by atoms with E-state index in [-0.39, 0.29) is 18.3 Å². The van der Waals surface area contributed by atoms with Gasteiger partial charge in [0.15, 0.2) is 5.65 Å². The van der Waals surface area contributed by atoms with E-state index >= 15 is 0 Å². The lowest BCUT2D eigenvalue weighted by Gasteiger charge is -2.18. The van der Waals surface area contributed by atoms with Crippen LogP contribution in [0.2, 0.25) is 5.02 Å². The second-order valence-corrected chi connectivity index (χ2v) is 6.88. The van der Waals surface area contributed by atoms with Crippen molar-refractivity contribution >= 4 is 17.2 Å². The highest BCUT2D eigenvalue weighted by Crippen LogP contribution is 2.48. The monoisotopic (exact) mass is 404 g/mol. The fourth-order valence-corrected chi connectivity index (χ4v) is 3.84. The first kappa shape index (κ1) is 18.6. The maximum atomic E-state index is 12.9. The number of imidazole rings is 1. The first-order chi connectivity index (χ1) is 13.5.